The number of thiazole rings is 1. The number of amides is 1. The van der Waals surface area contributed by atoms with Gasteiger partial charge < -0.3 is 11.1 Å². The maximum Gasteiger partial charge on any atom is 0.227 e. The molecule has 0 fully saturated rings. The number of aromatic nitrogens is 1. The van der Waals surface area contributed by atoms with Gasteiger partial charge in [0.2, 0.25) is 5.91 Å². The fourth-order valence-corrected chi connectivity index (χ4v) is 1.90. The molecule has 1 atom stereocenters. The van der Waals surface area contributed by atoms with Crippen LogP contribution in [-0.4, -0.2) is 17.4 Å². The Morgan fingerprint density at radius 2 is 2.31 bits per heavy atom. The molecule has 1 rings (SSSR count). The van der Waals surface area contributed by atoms with Crippen molar-refractivity contribution in [3.8, 4) is 0 Å². The molecule has 0 radical (unpaired) electrons. The van der Waals surface area contributed by atoms with Crippen LogP contribution >= 0.6 is 11.3 Å². The molecule has 0 aliphatic rings. The van der Waals surface area contributed by atoms with E-state index in [-0.39, 0.29) is 11.9 Å². The Hall–Kier alpha value is -0.940. The van der Waals surface area contributed by atoms with E-state index in [0.29, 0.717) is 6.54 Å². The zero-order chi connectivity index (χ0) is 12.3. The van der Waals surface area contributed by atoms with Crippen molar-refractivity contribution >= 4 is 17.2 Å². The first-order chi connectivity index (χ1) is 7.36. The summed E-state index contributed by atoms with van der Waals surface area (Å²) in [5, 5.41) is 3.86. The smallest absolute Gasteiger partial charge is 0.227 e. The van der Waals surface area contributed by atoms with Crippen LogP contribution in [0.4, 0.5) is 0 Å². The van der Waals surface area contributed by atoms with E-state index in [4.69, 9.17) is 5.73 Å². The van der Waals surface area contributed by atoms with E-state index < -0.39 is 5.41 Å². The Labute approximate surface area is 100 Å². The van der Waals surface area contributed by atoms with Crippen molar-refractivity contribution in [1.82, 2.24) is 10.3 Å². The fourth-order valence-electron chi connectivity index (χ4n) is 1.12. The van der Waals surface area contributed by atoms with Gasteiger partial charge in [-0.2, -0.15) is 0 Å². The van der Waals surface area contributed by atoms with Crippen LogP contribution < -0.4 is 11.1 Å². The molecular weight excluding hydrogens is 222 g/mol. The van der Waals surface area contributed by atoms with Crippen LogP contribution in [0.25, 0.3) is 0 Å². The third-order valence-electron chi connectivity index (χ3n) is 2.48. The highest BCUT2D eigenvalue weighted by atomic mass is 32.1. The molecule has 0 saturated carbocycles. The van der Waals surface area contributed by atoms with Gasteiger partial charge in [-0.25, -0.2) is 4.98 Å². The minimum Gasteiger partial charge on any atom is -0.347 e. The van der Waals surface area contributed by atoms with Crippen LogP contribution in [0.15, 0.2) is 6.20 Å². The van der Waals surface area contributed by atoms with Gasteiger partial charge in [0.05, 0.1) is 11.5 Å². The lowest BCUT2D eigenvalue weighted by molar-refractivity contribution is -0.129. The first-order valence-corrected chi connectivity index (χ1v) is 6.12. The predicted molar refractivity (Wildman–Crippen MR) is 66.2 cm³/mol. The quantitative estimate of drug-likeness (QED) is 0.841. The molecule has 1 amide bonds. The van der Waals surface area contributed by atoms with E-state index in [1.165, 1.54) is 0 Å². The lowest BCUT2D eigenvalue weighted by Crippen LogP contribution is -2.42. The van der Waals surface area contributed by atoms with Crippen molar-refractivity contribution in [2.45, 2.75) is 33.7 Å². The van der Waals surface area contributed by atoms with Gasteiger partial charge in [-0.1, -0.05) is 0 Å². The van der Waals surface area contributed by atoms with E-state index in [0.717, 1.165) is 9.88 Å². The van der Waals surface area contributed by atoms with E-state index >= 15 is 0 Å². The second kappa shape index (κ2) is 4.93. The average Bonchev–Trinajstić information content (AvgIpc) is 2.64. The van der Waals surface area contributed by atoms with Crippen LogP contribution in [-0.2, 0) is 4.79 Å². The average molecular weight is 241 g/mol. The van der Waals surface area contributed by atoms with Gasteiger partial charge in [0.15, 0.2) is 0 Å². The maximum absolute atomic E-state index is 11.9. The van der Waals surface area contributed by atoms with Crippen LogP contribution in [0.3, 0.4) is 0 Å². The third-order valence-corrected chi connectivity index (χ3v) is 3.58. The Morgan fingerprint density at radius 3 is 2.75 bits per heavy atom. The fraction of sp³-hybridized carbons (Fsp3) is 0.636. The summed E-state index contributed by atoms with van der Waals surface area (Å²) in [5.41, 5.74) is 5.02. The molecule has 0 aliphatic heterocycles. The number of hydrogen-bond acceptors (Lipinski definition) is 4. The number of nitrogens with two attached hydrogens (primary N) is 1. The highest BCUT2D eigenvalue weighted by Crippen LogP contribution is 2.21. The molecule has 0 aliphatic carbocycles. The number of rotatable bonds is 4. The number of hydrogen-bond donors (Lipinski definition) is 2. The largest absolute Gasteiger partial charge is 0.347 e. The minimum absolute atomic E-state index is 0.0321. The summed E-state index contributed by atoms with van der Waals surface area (Å²) in [6, 6.07) is -0.0583. The number of nitrogens with one attached hydrogen (secondary N) is 1. The van der Waals surface area contributed by atoms with Gasteiger partial charge in [0.1, 0.15) is 5.01 Å². The van der Waals surface area contributed by atoms with Crippen molar-refractivity contribution < 1.29 is 4.79 Å². The molecule has 4 nitrogen and oxygen atoms in total. The van der Waals surface area contributed by atoms with Crippen LogP contribution in [0.5, 0.6) is 0 Å². The van der Waals surface area contributed by atoms with E-state index in [9.17, 15) is 4.79 Å². The molecule has 1 aromatic heterocycles. The lowest BCUT2D eigenvalue weighted by atomic mass is 9.92. The lowest BCUT2D eigenvalue weighted by Gasteiger charge is -2.23. The molecule has 0 bridgehead atoms. The molecule has 0 spiro atoms. The molecule has 0 saturated heterocycles. The normalized spacial score (nSPS) is 13.6. The van der Waals surface area contributed by atoms with Gasteiger partial charge in [0, 0.05) is 17.6 Å². The molecule has 1 heterocycles. The van der Waals surface area contributed by atoms with Crippen LogP contribution in [0.1, 0.15) is 36.7 Å². The zero-order valence-electron chi connectivity index (χ0n) is 10.2. The highest BCUT2D eigenvalue weighted by Gasteiger charge is 2.27. The summed E-state index contributed by atoms with van der Waals surface area (Å²) >= 11 is 1.60. The SMILES string of the molecule is Cc1cnc(C(C)NC(=O)C(C)(C)CN)s1. The van der Waals surface area contributed by atoms with Gasteiger partial charge in [-0.05, 0) is 27.7 Å². The first-order valence-electron chi connectivity index (χ1n) is 5.30. The topological polar surface area (TPSA) is 68.0 Å². The Bertz CT molecular complexity index is 373. The molecule has 16 heavy (non-hydrogen) atoms. The van der Waals surface area contributed by atoms with Gasteiger partial charge in [-0.3, -0.25) is 4.79 Å². The van der Waals surface area contributed by atoms with Gasteiger partial charge in [0.25, 0.3) is 0 Å². The van der Waals surface area contributed by atoms with Crippen molar-refractivity contribution in [2.75, 3.05) is 6.54 Å². The van der Waals surface area contributed by atoms with E-state index in [1.807, 2.05) is 33.9 Å². The molecule has 5 heteroatoms. The van der Waals surface area contributed by atoms with Gasteiger partial charge in [-0.15, -0.1) is 11.3 Å². The van der Waals surface area contributed by atoms with E-state index in [2.05, 4.69) is 10.3 Å². The Kier molecular flexibility index (Phi) is 4.04. The highest BCUT2D eigenvalue weighted by molar-refractivity contribution is 7.11. The predicted octanol–water partition coefficient (Wildman–Crippen LogP) is 1.61. The summed E-state index contributed by atoms with van der Waals surface area (Å²) in [6.07, 6.45) is 1.82. The summed E-state index contributed by atoms with van der Waals surface area (Å²) in [4.78, 5) is 17.3. The molecular formula is C11H19N3OS. The molecule has 0 aromatic carbocycles. The summed E-state index contributed by atoms with van der Waals surface area (Å²) in [5.74, 6) is -0.0321. The number of carbonyl (C=O) groups excluding carboxylic acids is 1. The molecule has 3 N–H and O–H groups in total. The molecule has 1 aromatic rings. The third kappa shape index (κ3) is 3.02. The van der Waals surface area contributed by atoms with Crippen molar-refractivity contribution in [3.05, 3.63) is 16.1 Å². The maximum atomic E-state index is 11.9. The monoisotopic (exact) mass is 241 g/mol. The Morgan fingerprint density at radius 1 is 1.69 bits per heavy atom. The number of carbonyl (C=O) groups is 1. The first kappa shape index (κ1) is 13.1. The van der Waals surface area contributed by atoms with Crippen molar-refractivity contribution in [1.29, 1.82) is 0 Å². The van der Waals surface area contributed by atoms with Crippen LogP contribution in [0.2, 0.25) is 0 Å². The standard InChI is InChI=1S/C11H19N3OS/c1-7-5-13-9(16-7)8(2)14-10(15)11(3,4)6-12/h5,8H,6,12H2,1-4H3,(H,14,15). The zero-order valence-corrected chi connectivity index (χ0v) is 11.0. The second-order valence-electron chi connectivity index (χ2n) is 4.59. The van der Waals surface area contributed by atoms with Crippen molar-refractivity contribution in [2.24, 2.45) is 11.1 Å². The summed E-state index contributed by atoms with van der Waals surface area (Å²) in [6.45, 7) is 7.94. The van der Waals surface area contributed by atoms with Crippen molar-refractivity contribution in [3.63, 3.8) is 0 Å². The minimum atomic E-state index is -0.527. The summed E-state index contributed by atoms with van der Waals surface area (Å²) in [7, 11) is 0. The van der Waals surface area contributed by atoms with E-state index in [1.54, 1.807) is 11.3 Å². The van der Waals surface area contributed by atoms with Gasteiger partial charge >= 0.3 is 0 Å². The molecule has 1 unspecified atom stereocenters. The second-order valence-corrected chi connectivity index (χ2v) is 5.86. The number of aryl methyl sites for hydroxylation is 1. The number of nitrogens with zero attached hydrogens (tertiary/aromatic N) is 1. The Balaban J connectivity index is 2.65. The van der Waals surface area contributed by atoms with Crippen LogP contribution in [0, 0.1) is 12.3 Å². The molecule has 90 valence electrons. The summed E-state index contributed by atoms with van der Waals surface area (Å²) < 4.78 is 0.